The number of nitrogens with zero attached hydrogens (tertiary/aromatic N) is 1. The van der Waals surface area contributed by atoms with Gasteiger partial charge in [0.15, 0.2) is 0 Å². The predicted molar refractivity (Wildman–Crippen MR) is 123 cm³/mol. The average Bonchev–Trinajstić information content (AvgIpc) is 2.63. The molecule has 5 rings (SSSR count). The van der Waals surface area contributed by atoms with Crippen molar-refractivity contribution in [2.75, 3.05) is 4.90 Å². The van der Waals surface area contributed by atoms with Crippen LogP contribution in [0.2, 0.25) is 10.1 Å². The van der Waals surface area contributed by atoms with E-state index in [1.165, 1.54) is 10.4 Å². The van der Waals surface area contributed by atoms with Crippen LogP contribution in [0.4, 0.5) is 16.2 Å². The van der Waals surface area contributed by atoms with E-state index in [0.717, 1.165) is 22.1 Å². The summed E-state index contributed by atoms with van der Waals surface area (Å²) in [5.74, 6) is 0.672. The lowest BCUT2D eigenvalue weighted by Gasteiger charge is -2.57. The van der Waals surface area contributed by atoms with Crippen LogP contribution in [0.25, 0.3) is 10.8 Å². The van der Waals surface area contributed by atoms with Crippen LogP contribution in [0, 0.1) is 0 Å². The number of anilines is 2. The number of hydrogen-bond acceptors (Lipinski definition) is 2. The number of rotatable bonds is 0. The molecule has 0 bridgehead atoms. The highest BCUT2D eigenvalue weighted by Gasteiger charge is 2.60. The van der Waals surface area contributed by atoms with E-state index in [4.69, 9.17) is 4.74 Å². The van der Waals surface area contributed by atoms with Crippen molar-refractivity contribution in [2.24, 2.45) is 0 Å². The van der Waals surface area contributed by atoms with Crippen LogP contribution >= 0.6 is 0 Å². The van der Waals surface area contributed by atoms with E-state index < -0.39 is 8.07 Å². The zero-order chi connectivity index (χ0) is 20.8. The maximum absolute atomic E-state index is 13.2. The first-order valence-electron chi connectivity index (χ1n) is 10.3. The lowest BCUT2D eigenvalue weighted by Crippen LogP contribution is -2.73. The molecular formula is C25H27NO2Si. The smallest absolute Gasteiger partial charge is 0.409 e. The first kappa shape index (κ1) is 18.4. The molecule has 1 amide bonds. The van der Waals surface area contributed by atoms with E-state index in [0.29, 0.717) is 5.75 Å². The van der Waals surface area contributed by atoms with Crippen LogP contribution in [0.15, 0.2) is 54.6 Å². The molecule has 0 saturated carbocycles. The van der Waals surface area contributed by atoms with E-state index in [-0.39, 0.29) is 16.2 Å². The number of carbonyl (C=O) groups excluding carboxylic acids is 1. The molecule has 0 saturated heterocycles. The van der Waals surface area contributed by atoms with Gasteiger partial charge in [0.05, 0.1) is 11.4 Å². The molecule has 2 heterocycles. The normalized spacial score (nSPS) is 17.2. The van der Waals surface area contributed by atoms with Crippen LogP contribution in [-0.4, -0.2) is 14.2 Å². The van der Waals surface area contributed by atoms with Crippen molar-refractivity contribution >= 4 is 46.7 Å². The molecule has 29 heavy (non-hydrogen) atoms. The van der Waals surface area contributed by atoms with Gasteiger partial charge in [-0.25, -0.2) is 9.69 Å². The molecule has 0 spiro atoms. The topological polar surface area (TPSA) is 29.5 Å². The molecule has 0 atom stereocenters. The van der Waals surface area contributed by atoms with E-state index in [9.17, 15) is 4.79 Å². The number of amides is 1. The molecule has 3 nitrogen and oxygen atoms in total. The van der Waals surface area contributed by atoms with Gasteiger partial charge < -0.3 is 4.74 Å². The molecule has 0 N–H and O–H groups in total. The maximum Gasteiger partial charge on any atom is 0.424 e. The fourth-order valence-corrected chi connectivity index (χ4v) is 13.9. The van der Waals surface area contributed by atoms with Gasteiger partial charge in [0, 0.05) is 5.39 Å². The highest BCUT2D eigenvalue weighted by Crippen LogP contribution is 2.56. The van der Waals surface area contributed by atoms with Gasteiger partial charge in [-0.1, -0.05) is 84.0 Å². The lowest BCUT2D eigenvalue weighted by atomic mass is 10.0. The second kappa shape index (κ2) is 5.51. The van der Waals surface area contributed by atoms with E-state index in [1.807, 2.05) is 23.1 Å². The van der Waals surface area contributed by atoms with Crippen molar-refractivity contribution in [2.45, 2.75) is 51.6 Å². The third-order valence-electron chi connectivity index (χ3n) is 6.79. The zero-order valence-electron chi connectivity index (χ0n) is 18.0. The van der Waals surface area contributed by atoms with Crippen molar-refractivity contribution in [1.29, 1.82) is 0 Å². The van der Waals surface area contributed by atoms with Crippen LogP contribution in [0.5, 0.6) is 5.75 Å². The zero-order valence-corrected chi connectivity index (χ0v) is 19.0. The first-order valence-corrected chi connectivity index (χ1v) is 12.3. The molecule has 0 aromatic heterocycles. The van der Waals surface area contributed by atoms with Gasteiger partial charge in [0.1, 0.15) is 13.8 Å². The molecule has 0 aliphatic carbocycles. The second-order valence-electron chi connectivity index (χ2n) is 10.3. The van der Waals surface area contributed by atoms with Gasteiger partial charge >= 0.3 is 6.09 Å². The third-order valence-corrected chi connectivity index (χ3v) is 13.7. The maximum atomic E-state index is 13.2. The molecule has 4 heteroatoms. The van der Waals surface area contributed by atoms with Crippen molar-refractivity contribution < 1.29 is 9.53 Å². The van der Waals surface area contributed by atoms with Crippen LogP contribution in [-0.2, 0) is 0 Å². The number of ether oxygens (including phenoxy) is 1. The number of para-hydroxylation sites is 1. The van der Waals surface area contributed by atoms with Crippen LogP contribution in [0.3, 0.4) is 0 Å². The Bertz CT molecular complexity index is 1170. The summed E-state index contributed by atoms with van der Waals surface area (Å²) in [5.41, 5.74) is 2.04. The number of carbonyl (C=O) groups is 1. The van der Waals surface area contributed by atoms with E-state index in [1.54, 1.807) is 0 Å². The molecule has 3 aromatic carbocycles. The Morgan fingerprint density at radius 1 is 0.793 bits per heavy atom. The predicted octanol–water partition coefficient (Wildman–Crippen LogP) is 5.97. The summed E-state index contributed by atoms with van der Waals surface area (Å²) in [6.45, 7) is 14.3. The highest BCUT2D eigenvalue weighted by molar-refractivity contribution is 7.08. The second-order valence-corrected chi connectivity index (χ2v) is 15.9. The first-order chi connectivity index (χ1) is 13.6. The quantitative estimate of drug-likeness (QED) is 0.435. The summed E-state index contributed by atoms with van der Waals surface area (Å²) >= 11 is 0. The Labute approximate surface area is 173 Å². The summed E-state index contributed by atoms with van der Waals surface area (Å²) in [6.07, 6.45) is -0.310. The minimum absolute atomic E-state index is 0.0495. The summed E-state index contributed by atoms with van der Waals surface area (Å²) in [5, 5.41) is 4.94. The Balaban J connectivity index is 2.07. The van der Waals surface area contributed by atoms with Gasteiger partial charge in [-0.15, -0.1) is 0 Å². The van der Waals surface area contributed by atoms with Gasteiger partial charge in [0.2, 0.25) is 0 Å². The van der Waals surface area contributed by atoms with Crippen molar-refractivity contribution in [3.8, 4) is 5.75 Å². The van der Waals surface area contributed by atoms with Gasteiger partial charge in [-0.3, -0.25) is 0 Å². The Kier molecular flexibility index (Phi) is 3.50. The van der Waals surface area contributed by atoms with Crippen LogP contribution in [0.1, 0.15) is 41.5 Å². The average molecular weight is 402 g/mol. The van der Waals surface area contributed by atoms with Gasteiger partial charge in [-0.2, -0.15) is 0 Å². The summed E-state index contributed by atoms with van der Waals surface area (Å²) in [4.78, 5) is 15.0. The SMILES string of the molecule is CC(C)(C)[Si]1(C(C)(C)C)c2ccccc2N2C(=O)Oc3cccc4ccc1c2c34. The molecule has 0 radical (unpaired) electrons. The molecule has 2 aliphatic rings. The fraction of sp³-hybridized carbons (Fsp3) is 0.320. The number of fused-ring (bicyclic) bond motifs is 2. The lowest BCUT2D eigenvalue weighted by molar-refractivity contribution is 0.210. The molecule has 3 aromatic rings. The van der Waals surface area contributed by atoms with Crippen molar-refractivity contribution in [3.05, 3.63) is 54.6 Å². The molecule has 0 unspecified atom stereocenters. The molecule has 0 fully saturated rings. The summed E-state index contributed by atoms with van der Waals surface area (Å²) in [6, 6.07) is 19.0. The van der Waals surface area contributed by atoms with E-state index >= 15 is 0 Å². The third kappa shape index (κ3) is 2.10. The Morgan fingerprint density at radius 2 is 1.48 bits per heavy atom. The Hall–Kier alpha value is -2.59. The van der Waals surface area contributed by atoms with Gasteiger partial charge in [0.25, 0.3) is 0 Å². The van der Waals surface area contributed by atoms with Gasteiger partial charge in [-0.05, 0) is 38.0 Å². The van der Waals surface area contributed by atoms with E-state index in [2.05, 4.69) is 77.9 Å². The van der Waals surface area contributed by atoms with Crippen LogP contribution < -0.4 is 20.0 Å². The molecule has 2 aliphatic heterocycles. The van der Waals surface area contributed by atoms with Crippen molar-refractivity contribution in [1.82, 2.24) is 0 Å². The number of hydrogen-bond donors (Lipinski definition) is 0. The standard InChI is InChI=1S/C25H27NO2Si/c1-24(2,3)29(25(4,5)6)19-13-8-7-11-17(19)26-22-20(29)15-14-16-10-9-12-18(21(16)22)28-23(26)27/h7-15H,1-6H3. The minimum Gasteiger partial charge on any atom is -0.409 e. The molecular weight excluding hydrogens is 374 g/mol. The monoisotopic (exact) mass is 401 g/mol. The summed E-state index contributed by atoms with van der Waals surface area (Å²) in [7, 11) is -2.35. The summed E-state index contributed by atoms with van der Waals surface area (Å²) < 4.78 is 5.79. The Morgan fingerprint density at radius 3 is 2.17 bits per heavy atom. The fourth-order valence-electron chi connectivity index (χ4n) is 6.27. The number of benzene rings is 3. The largest absolute Gasteiger partial charge is 0.424 e. The molecule has 148 valence electrons. The highest BCUT2D eigenvalue weighted by atomic mass is 28.3. The van der Waals surface area contributed by atoms with Crippen molar-refractivity contribution in [3.63, 3.8) is 0 Å². The minimum atomic E-state index is -2.35.